The van der Waals surface area contributed by atoms with Crippen molar-refractivity contribution in [2.24, 2.45) is 5.92 Å². The number of nitrogens with one attached hydrogen (secondary N) is 1. The molecule has 2 saturated heterocycles. The molecule has 7 unspecified atom stereocenters. The number of cyclic esters (lactones) is 1. The van der Waals surface area contributed by atoms with Crippen LogP contribution in [-0.4, -0.2) is 78.7 Å². The van der Waals surface area contributed by atoms with Crippen molar-refractivity contribution in [1.29, 1.82) is 0 Å². The summed E-state index contributed by atoms with van der Waals surface area (Å²) in [5.74, 6) is 4.96. The van der Waals surface area contributed by atoms with Gasteiger partial charge in [0.15, 0.2) is 11.5 Å². The molecule has 2 fully saturated rings. The van der Waals surface area contributed by atoms with Crippen LogP contribution >= 0.6 is 0 Å². The topological polar surface area (TPSA) is 147 Å². The van der Waals surface area contributed by atoms with Gasteiger partial charge in [0.1, 0.15) is 29.9 Å². The van der Waals surface area contributed by atoms with Crippen molar-refractivity contribution in [2.45, 2.75) is 81.3 Å². The Balaban J connectivity index is 1.19. The van der Waals surface area contributed by atoms with Gasteiger partial charge in [-0.1, -0.05) is 121 Å². The van der Waals surface area contributed by atoms with Crippen LogP contribution in [0, 0.1) is 17.8 Å². The number of methoxy groups -OCH3 is 2. The molecule has 1 aliphatic carbocycles. The summed E-state index contributed by atoms with van der Waals surface area (Å²) in [7, 11) is 3.15. The van der Waals surface area contributed by atoms with Crippen LogP contribution in [0.4, 0.5) is 10.5 Å². The molecule has 6 aromatic carbocycles. The highest BCUT2D eigenvalue weighted by Crippen LogP contribution is 2.66. The van der Waals surface area contributed by atoms with E-state index in [1.54, 1.807) is 31.3 Å². The van der Waals surface area contributed by atoms with Gasteiger partial charge in [-0.05, 0) is 126 Å². The number of aliphatic hydroxyl groups excluding tert-OH is 1. The minimum absolute atomic E-state index is 0.0113. The highest BCUT2D eigenvalue weighted by Gasteiger charge is 2.76. The number of nitrogens with zero attached hydrogens (tertiary/aromatic N) is 3. The summed E-state index contributed by atoms with van der Waals surface area (Å²) in [6.45, 7) is 1.98. The number of carbonyl (C=O) groups excluding carboxylic acids is 4. The number of amides is 4. The van der Waals surface area contributed by atoms with E-state index in [1.165, 1.54) is 4.90 Å². The first kappa shape index (κ1) is 50.0. The molecular weight excluding hydrogens is 957 g/mol. The second-order valence-electron chi connectivity index (χ2n) is 20.1. The summed E-state index contributed by atoms with van der Waals surface area (Å²) in [6, 6.07) is 40.7. The lowest BCUT2D eigenvalue weighted by atomic mass is 9.64. The zero-order valence-corrected chi connectivity index (χ0v) is 42.8. The van der Waals surface area contributed by atoms with Gasteiger partial charge < -0.3 is 34.3 Å². The van der Waals surface area contributed by atoms with Crippen LogP contribution in [0.3, 0.4) is 0 Å². The van der Waals surface area contributed by atoms with Crippen LogP contribution in [0.2, 0.25) is 0 Å². The Bertz CT molecular complexity index is 3280. The van der Waals surface area contributed by atoms with Crippen molar-refractivity contribution in [3.8, 4) is 29.1 Å². The van der Waals surface area contributed by atoms with Crippen LogP contribution in [0.1, 0.15) is 101 Å². The molecule has 1 spiro atoms. The molecule has 0 aromatic heterocycles. The number of ether oxygens (including phenoxy) is 4. The number of urea groups is 1. The molecule has 11 rings (SSSR count). The Morgan fingerprint density at radius 2 is 1.47 bits per heavy atom. The summed E-state index contributed by atoms with van der Waals surface area (Å²) >= 11 is 0. The number of esters is 1. The van der Waals surface area contributed by atoms with Crippen molar-refractivity contribution in [2.75, 3.05) is 38.9 Å². The molecule has 386 valence electrons. The van der Waals surface area contributed by atoms with Gasteiger partial charge >= 0.3 is 12.0 Å². The third kappa shape index (κ3) is 8.85. The van der Waals surface area contributed by atoms with E-state index in [1.807, 2.05) is 145 Å². The maximum absolute atomic E-state index is 17.1. The lowest BCUT2D eigenvalue weighted by Crippen LogP contribution is -2.57. The van der Waals surface area contributed by atoms with Crippen LogP contribution in [0.25, 0.3) is 0 Å². The lowest BCUT2D eigenvalue weighted by Gasteiger charge is -2.46. The number of allylic oxidation sites excluding steroid dienone is 2. The summed E-state index contributed by atoms with van der Waals surface area (Å²) in [6.07, 6.45) is 5.61. The highest BCUT2D eigenvalue weighted by molar-refractivity contribution is 6.24. The van der Waals surface area contributed by atoms with E-state index in [2.05, 4.69) is 23.2 Å². The van der Waals surface area contributed by atoms with Crippen LogP contribution in [0.5, 0.6) is 17.2 Å². The van der Waals surface area contributed by atoms with Crippen LogP contribution in [0.15, 0.2) is 157 Å². The number of hydrogen-bond donors (Lipinski definition) is 2. The zero-order valence-electron chi connectivity index (χ0n) is 42.8. The number of morpholine rings is 1. The Morgan fingerprint density at radius 3 is 2.17 bits per heavy atom. The molecule has 2 N–H and O–H groups in total. The summed E-state index contributed by atoms with van der Waals surface area (Å²) in [5, 5.41) is 13.1. The average Bonchev–Trinajstić information content (AvgIpc) is 4.12. The number of carbonyl (C=O) groups is 4. The monoisotopic (exact) mass is 1020 g/mol. The van der Waals surface area contributed by atoms with Crippen molar-refractivity contribution in [1.82, 2.24) is 15.1 Å². The maximum Gasteiger partial charge on any atom is 0.329 e. The van der Waals surface area contributed by atoms with E-state index < -0.39 is 65.4 Å². The quantitative estimate of drug-likeness (QED) is 0.0950. The van der Waals surface area contributed by atoms with Gasteiger partial charge in [-0.15, -0.1) is 0 Å². The predicted molar refractivity (Wildman–Crippen MR) is 286 cm³/mol. The molecule has 5 aliphatic rings. The van der Waals surface area contributed by atoms with E-state index in [0.717, 1.165) is 53.5 Å². The zero-order chi connectivity index (χ0) is 52.5. The minimum Gasteiger partial charge on any atom is -0.493 e. The lowest BCUT2D eigenvalue weighted by molar-refractivity contribution is -0.179. The van der Waals surface area contributed by atoms with Gasteiger partial charge in [0.2, 0.25) is 11.8 Å². The number of anilines is 1. The molecule has 0 saturated carbocycles. The van der Waals surface area contributed by atoms with Crippen LogP contribution < -0.4 is 24.4 Å². The minimum atomic E-state index is -2.02. The van der Waals surface area contributed by atoms with E-state index in [-0.39, 0.29) is 32.0 Å². The SMILES string of the molecule is COc1cc2c(cc1OC)CN(C(=O)C1C3C(=O)OC(c4ccccc4)C(c4ccccc4)N3C(c3cccc(OCCO)c3)C13C(=O)N(C(=O)NC(C)c1ccccc1)c1ccc(C#CC4=CCCCC4)cc13)CC2. The molecule has 6 aromatic rings. The molecular formula is C63H60N4O9. The number of imide groups is 1. The number of benzene rings is 6. The van der Waals surface area contributed by atoms with Gasteiger partial charge in [0, 0.05) is 18.7 Å². The molecule has 4 heterocycles. The van der Waals surface area contributed by atoms with E-state index in [4.69, 9.17) is 18.9 Å². The van der Waals surface area contributed by atoms with Gasteiger partial charge in [0.05, 0.1) is 50.6 Å². The third-order valence-corrected chi connectivity index (χ3v) is 15.8. The molecule has 0 bridgehead atoms. The first-order valence-electron chi connectivity index (χ1n) is 26.1. The van der Waals surface area contributed by atoms with Gasteiger partial charge in [-0.2, -0.15) is 0 Å². The van der Waals surface area contributed by atoms with Crippen LogP contribution in [-0.2, 0) is 37.5 Å². The van der Waals surface area contributed by atoms with Gasteiger partial charge in [-0.25, -0.2) is 9.69 Å². The summed E-state index contributed by atoms with van der Waals surface area (Å²) < 4.78 is 24.3. The third-order valence-electron chi connectivity index (χ3n) is 15.8. The van der Waals surface area contributed by atoms with Gasteiger partial charge in [-0.3, -0.25) is 19.3 Å². The van der Waals surface area contributed by atoms with Crippen molar-refractivity contribution in [3.05, 3.63) is 202 Å². The van der Waals surface area contributed by atoms with E-state index in [9.17, 15) is 5.11 Å². The van der Waals surface area contributed by atoms with E-state index >= 15 is 19.2 Å². The molecule has 13 heteroatoms. The number of hydrogen-bond acceptors (Lipinski definition) is 10. The molecule has 4 amide bonds. The Morgan fingerprint density at radius 1 is 0.776 bits per heavy atom. The average molecular weight is 1020 g/mol. The normalized spacial score (nSPS) is 23.0. The second kappa shape index (κ2) is 21.2. The van der Waals surface area contributed by atoms with Crippen molar-refractivity contribution in [3.63, 3.8) is 0 Å². The fourth-order valence-electron chi connectivity index (χ4n) is 12.4. The highest BCUT2D eigenvalue weighted by atomic mass is 16.6. The fraction of sp³-hybridized carbons (Fsp3) is 0.302. The molecule has 0 radical (unpaired) electrons. The number of fused-ring (bicyclic) bond motifs is 4. The standard InChI is InChI=1S/C63H60N4O9/c1-40(43-19-10-5-11-20-43)64-62(72)66-51-30-29-42(28-27-41-17-8-4-9-18-41)35-50(51)63(61(66)71)54(59(69)65-32-31-46-37-52(73-2)53(74-3)38-48(46)39-65)56-60(70)76-57(45-23-14-7-15-24-45)55(44-21-12-6-13-22-44)67(56)58(63)47-25-16-26-49(36-47)75-34-33-68/h5-7,10-17,19-26,29-30,35-38,40,54-58,68H,4,8-9,18,31-34,39H2,1-3H3,(H,64,72). The number of rotatable bonds is 11. The predicted octanol–water partition coefficient (Wildman–Crippen LogP) is 9.65. The molecule has 4 aliphatic heterocycles. The first-order chi connectivity index (χ1) is 37.1. The van der Waals surface area contributed by atoms with E-state index in [0.29, 0.717) is 45.9 Å². The Labute approximate surface area is 443 Å². The summed E-state index contributed by atoms with van der Waals surface area (Å²) in [5.41, 5.74) is 4.89. The Kier molecular flexibility index (Phi) is 14.0. The van der Waals surface area contributed by atoms with Crippen molar-refractivity contribution < 1.29 is 43.2 Å². The van der Waals surface area contributed by atoms with Gasteiger partial charge in [0.25, 0.3) is 0 Å². The smallest absolute Gasteiger partial charge is 0.329 e. The molecule has 76 heavy (non-hydrogen) atoms. The number of aliphatic hydroxyl groups is 1. The largest absolute Gasteiger partial charge is 0.493 e. The second-order valence-corrected chi connectivity index (χ2v) is 20.1. The fourth-order valence-corrected chi connectivity index (χ4v) is 12.4. The first-order valence-corrected chi connectivity index (χ1v) is 26.1. The molecule has 7 atom stereocenters. The summed E-state index contributed by atoms with van der Waals surface area (Å²) in [4.78, 5) is 70.0. The molecule has 13 nitrogen and oxygen atoms in total. The van der Waals surface area contributed by atoms with Crippen molar-refractivity contribution >= 4 is 29.5 Å². The maximum atomic E-state index is 17.1. The Hall–Kier alpha value is -8.18.